The molecule has 1 fully saturated rings. The van der Waals surface area contributed by atoms with Gasteiger partial charge in [0.2, 0.25) is 11.8 Å². The van der Waals surface area contributed by atoms with Crippen molar-refractivity contribution in [2.45, 2.75) is 71.0 Å². The molecule has 36 heavy (non-hydrogen) atoms. The van der Waals surface area contributed by atoms with Crippen molar-refractivity contribution >= 4 is 40.0 Å². The van der Waals surface area contributed by atoms with E-state index in [2.05, 4.69) is 10.6 Å². The van der Waals surface area contributed by atoms with Crippen LogP contribution in [-0.4, -0.2) is 33.9 Å². The second-order valence-electron chi connectivity index (χ2n) is 10.0. The summed E-state index contributed by atoms with van der Waals surface area (Å²) >= 11 is 0. The Hall–Kier alpha value is -3.68. The third kappa shape index (κ3) is 3.94. The van der Waals surface area contributed by atoms with Crippen LogP contribution in [0.1, 0.15) is 62.5 Å². The van der Waals surface area contributed by atoms with Crippen LogP contribution in [0.15, 0.2) is 42.5 Å². The van der Waals surface area contributed by atoms with Gasteiger partial charge in [-0.3, -0.25) is 19.3 Å². The maximum atomic E-state index is 14.3. The fourth-order valence-electron chi connectivity index (χ4n) is 5.63. The maximum Gasteiger partial charge on any atom is 0.278 e. The molecule has 1 aliphatic carbocycles. The van der Waals surface area contributed by atoms with Crippen molar-refractivity contribution in [3.8, 4) is 0 Å². The molecule has 0 bridgehead atoms. The van der Waals surface area contributed by atoms with Gasteiger partial charge in [-0.25, -0.2) is 4.39 Å². The number of hydrogen-bond donors (Lipinski definition) is 2. The van der Waals surface area contributed by atoms with E-state index in [0.717, 1.165) is 37.7 Å². The number of nitrogens with one attached hydrogen (secondary N) is 2. The van der Waals surface area contributed by atoms with Gasteiger partial charge in [0.1, 0.15) is 17.1 Å². The molecule has 3 aromatic rings. The molecule has 0 radical (unpaired) electrons. The Morgan fingerprint density at radius 1 is 1.14 bits per heavy atom. The first-order chi connectivity index (χ1) is 17.2. The molecule has 1 aromatic heterocycles. The molecule has 1 aliphatic heterocycles. The Morgan fingerprint density at radius 3 is 2.58 bits per heavy atom. The van der Waals surface area contributed by atoms with Crippen LogP contribution in [0.3, 0.4) is 0 Å². The van der Waals surface area contributed by atoms with Gasteiger partial charge in [0, 0.05) is 24.0 Å². The van der Waals surface area contributed by atoms with Crippen molar-refractivity contribution in [2.75, 3.05) is 10.2 Å². The Kier molecular flexibility index (Phi) is 6.06. The van der Waals surface area contributed by atoms with Crippen molar-refractivity contribution in [3.05, 3.63) is 59.5 Å². The molecule has 2 aromatic carbocycles. The van der Waals surface area contributed by atoms with Gasteiger partial charge in [-0.15, -0.1) is 0 Å². The molecule has 3 amide bonds. The van der Waals surface area contributed by atoms with Crippen molar-refractivity contribution in [1.82, 2.24) is 9.88 Å². The van der Waals surface area contributed by atoms with E-state index in [4.69, 9.17) is 0 Å². The second-order valence-corrected chi connectivity index (χ2v) is 10.0. The van der Waals surface area contributed by atoms with Crippen molar-refractivity contribution in [2.24, 2.45) is 0 Å². The predicted octanol–water partition coefficient (Wildman–Crippen LogP) is 4.78. The average Bonchev–Trinajstić information content (AvgIpc) is 3.45. The van der Waals surface area contributed by atoms with Gasteiger partial charge in [0.05, 0.1) is 17.7 Å². The van der Waals surface area contributed by atoms with Crippen LogP contribution in [-0.2, 0) is 22.6 Å². The molecule has 8 heteroatoms. The first-order valence-electron chi connectivity index (χ1n) is 12.6. The Balaban J connectivity index is 1.72. The van der Waals surface area contributed by atoms with Crippen LogP contribution < -0.4 is 15.5 Å². The van der Waals surface area contributed by atoms with Gasteiger partial charge < -0.3 is 15.2 Å². The number of anilines is 2. The highest BCUT2D eigenvalue weighted by atomic mass is 19.1. The fraction of sp³-hybridized carbons (Fsp3) is 0.393. The van der Waals surface area contributed by atoms with Crippen molar-refractivity contribution in [1.29, 1.82) is 0 Å². The third-order valence-electron chi connectivity index (χ3n) is 7.45. The zero-order valence-electron chi connectivity index (χ0n) is 20.9. The number of aromatic nitrogens is 1. The monoisotopic (exact) mass is 490 g/mol. The van der Waals surface area contributed by atoms with E-state index in [1.807, 2.05) is 31.2 Å². The molecule has 7 nitrogen and oxygen atoms in total. The van der Waals surface area contributed by atoms with Gasteiger partial charge >= 0.3 is 0 Å². The largest absolute Gasteiger partial charge is 0.351 e. The number of benzene rings is 2. The lowest BCUT2D eigenvalue weighted by Crippen LogP contribution is -2.65. The van der Waals surface area contributed by atoms with Crippen LogP contribution >= 0.6 is 0 Å². The van der Waals surface area contributed by atoms with Crippen LogP contribution in [0.5, 0.6) is 0 Å². The summed E-state index contributed by atoms with van der Waals surface area (Å²) in [4.78, 5) is 41.8. The van der Waals surface area contributed by atoms with Gasteiger partial charge in [-0.05, 0) is 62.1 Å². The molecule has 0 spiro atoms. The minimum atomic E-state index is -1.24. The maximum absolute atomic E-state index is 14.3. The topological polar surface area (TPSA) is 83.4 Å². The zero-order chi connectivity index (χ0) is 25.6. The van der Waals surface area contributed by atoms with E-state index in [1.54, 1.807) is 22.5 Å². The summed E-state index contributed by atoms with van der Waals surface area (Å²) in [5.74, 6) is -1.48. The summed E-state index contributed by atoms with van der Waals surface area (Å²) < 4.78 is 16.0. The summed E-state index contributed by atoms with van der Waals surface area (Å²) in [6, 6.07) is 11.9. The zero-order valence-corrected chi connectivity index (χ0v) is 20.9. The molecule has 5 rings (SSSR count). The van der Waals surface area contributed by atoms with E-state index >= 15 is 0 Å². The standard InChI is InChI=1S/C28H31FN4O3/c1-4-18-8-7-11-21(14-18)33-26(35)25-24(30-17(2)34)22-15-19(29)12-13-23(22)32(25)16-28(33,3)27(36)31-20-9-5-6-10-20/h7-8,11-15,20H,4-6,9-10,16H2,1-3H3,(H,30,34)(H,31,36)/t28-/m1/s1. The van der Waals surface area contributed by atoms with E-state index in [-0.39, 0.29) is 35.8 Å². The number of carbonyl (C=O) groups excluding carboxylic acids is 3. The van der Waals surface area contributed by atoms with Gasteiger partial charge in [0.25, 0.3) is 5.91 Å². The van der Waals surface area contributed by atoms with Crippen molar-refractivity contribution < 1.29 is 18.8 Å². The first-order valence-corrected chi connectivity index (χ1v) is 12.6. The van der Waals surface area contributed by atoms with Crippen LogP contribution in [0.2, 0.25) is 0 Å². The molecular formula is C28H31FN4O3. The second kappa shape index (κ2) is 9.08. The number of hydrogen-bond acceptors (Lipinski definition) is 3. The van der Waals surface area contributed by atoms with Gasteiger partial charge in [-0.2, -0.15) is 0 Å². The summed E-state index contributed by atoms with van der Waals surface area (Å²) in [5, 5.41) is 6.37. The molecule has 0 saturated heterocycles. The Morgan fingerprint density at radius 2 is 1.89 bits per heavy atom. The molecule has 0 unspecified atom stereocenters. The normalized spacial score (nSPS) is 20.0. The van der Waals surface area contributed by atoms with E-state index < -0.39 is 17.3 Å². The SMILES string of the molecule is CCc1cccc(N2C(=O)c3c(NC(C)=O)c4cc(F)ccc4n3C[C@]2(C)C(=O)NC2CCCC2)c1. The molecule has 1 atom stereocenters. The minimum absolute atomic E-state index is 0.0834. The third-order valence-corrected chi connectivity index (χ3v) is 7.45. The van der Waals surface area contributed by atoms with Crippen LogP contribution in [0.25, 0.3) is 10.9 Å². The number of nitrogens with zero attached hydrogens (tertiary/aromatic N) is 2. The number of aryl methyl sites for hydroxylation is 1. The highest BCUT2D eigenvalue weighted by molar-refractivity contribution is 6.20. The molecule has 2 heterocycles. The minimum Gasteiger partial charge on any atom is -0.351 e. The molecule has 2 N–H and O–H groups in total. The fourth-order valence-corrected chi connectivity index (χ4v) is 5.63. The lowest BCUT2D eigenvalue weighted by molar-refractivity contribution is -0.127. The van der Waals surface area contributed by atoms with Crippen LogP contribution in [0.4, 0.5) is 15.8 Å². The van der Waals surface area contributed by atoms with E-state index in [1.165, 1.54) is 19.1 Å². The lowest BCUT2D eigenvalue weighted by atomic mass is 9.92. The Labute approximate surface area is 209 Å². The number of fused-ring (bicyclic) bond motifs is 3. The molecule has 1 saturated carbocycles. The van der Waals surface area contributed by atoms with Crippen LogP contribution in [0, 0.1) is 5.82 Å². The van der Waals surface area contributed by atoms with Gasteiger partial charge in [0.15, 0.2) is 0 Å². The number of amides is 3. The number of rotatable bonds is 5. The number of carbonyl (C=O) groups is 3. The summed E-state index contributed by atoms with van der Waals surface area (Å²) in [5.41, 5.74) is 1.49. The Bertz CT molecular complexity index is 1370. The average molecular weight is 491 g/mol. The summed E-state index contributed by atoms with van der Waals surface area (Å²) in [6.45, 7) is 5.32. The molecule has 2 aliphatic rings. The number of halogens is 1. The smallest absolute Gasteiger partial charge is 0.278 e. The highest BCUT2D eigenvalue weighted by Crippen LogP contribution is 2.41. The van der Waals surface area contributed by atoms with E-state index in [9.17, 15) is 18.8 Å². The molecule has 188 valence electrons. The quantitative estimate of drug-likeness (QED) is 0.540. The predicted molar refractivity (Wildman–Crippen MR) is 138 cm³/mol. The summed E-state index contributed by atoms with van der Waals surface area (Å²) in [7, 11) is 0. The van der Waals surface area contributed by atoms with Gasteiger partial charge in [-0.1, -0.05) is 31.9 Å². The first kappa shape index (κ1) is 24.0. The van der Waals surface area contributed by atoms with Crippen molar-refractivity contribution in [3.63, 3.8) is 0 Å². The summed E-state index contributed by atoms with van der Waals surface area (Å²) in [6.07, 6.45) is 4.76. The lowest BCUT2D eigenvalue weighted by Gasteiger charge is -2.44. The van der Waals surface area contributed by atoms with E-state index in [0.29, 0.717) is 16.6 Å². The molecular weight excluding hydrogens is 459 g/mol. The highest BCUT2D eigenvalue weighted by Gasteiger charge is 2.50.